The molecule has 3 rings (SSSR count). The van der Waals surface area contributed by atoms with E-state index in [1.807, 2.05) is 67.6 Å². The highest BCUT2D eigenvalue weighted by molar-refractivity contribution is 9.10. The molecule has 2 nitrogen and oxygen atoms in total. The molecule has 1 N–H and O–H groups in total. The Bertz CT molecular complexity index is 826. The summed E-state index contributed by atoms with van der Waals surface area (Å²) in [4.78, 5) is 12.4. The van der Waals surface area contributed by atoms with Crippen molar-refractivity contribution in [1.82, 2.24) is 0 Å². The molecule has 0 aliphatic carbocycles. The molecular weight excluding hydrogens is 326 g/mol. The Balaban J connectivity index is 1.91. The van der Waals surface area contributed by atoms with Crippen LogP contribution in [0.5, 0.6) is 0 Å². The minimum atomic E-state index is -0.105. The lowest BCUT2D eigenvalue weighted by atomic mass is 10.1. The summed E-state index contributed by atoms with van der Waals surface area (Å²) in [5.74, 6) is -0.105. The number of hydrogen-bond donors (Lipinski definition) is 1. The third-order valence-corrected chi connectivity index (χ3v) is 4.50. The van der Waals surface area contributed by atoms with E-state index in [0.29, 0.717) is 5.56 Å². The topological polar surface area (TPSA) is 29.1 Å². The Hall–Kier alpha value is -2.13. The standard InChI is InChI=1S/C18H14BrNO/c1-12-5-4-8-16(17(12)19)20-18(21)15-10-9-13-6-2-3-7-14(13)11-15/h2-11H,1H3,(H,20,21). The van der Waals surface area contributed by atoms with Crippen LogP contribution >= 0.6 is 15.9 Å². The molecule has 0 heterocycles. The first-order valence-corrected chi connectivity index (χ1v) is 7.50. The van der Waals surface area contributed by atoms with E-state index in [1.165, 1.54) is 0 Å². The summed E-state index contributed by atoms with van der Waals surface area (Å²) in [6, 6.07) is 19.5. The number of rotatable bonds is 2. The zero-order chi connectivity index (χ0) is 14.8. The zero-order valence-corrected chi connectivity index (χ0v) is 13.1. The van der Waals surface area contributed by atoms with Gasteiger partial charge in [-0.05, 0) is 57.4 Å². The molecule has 0 unspecified atom stereocenters. The second-order valence-electron chi connectivity index (χ2n) is 4.95. The fourth-order valence-electron chi connectivity index (χ4n) is 2.27. The van der Waals surface area contributed by atoms with Crippen molar-refractivity contribution < 1.29 is 4.79 Å². The lowest BCUT2D eigenvalue weighted by Gasteiger charge is -2.09. The number of carbonyl (C=O) groups excluding carboxylic acids is 1. The van der Waals surface area contributed by atoms with Crippen LogP contribution in [0.1, 0.15) is 15.9 Å². The maximum absolute atomic E-state index is 12.4. The molecular formula is C18H14BrNO. The van der Waals surface area contributed by atoms with Crippen LogP contribution in [0.4, 0.5) is 5.69 Å². The lowest BCUT2D eigenvalue weighted by Crippen LogP contribution is -2.12. The summed E-state index contributed by atoms with van der Waals surface area (Å²) in [6.07, 6.45) is 0. The third-order valence-electron chi connectivity index (χ3n) is 3.45. The second kappa shape index (κ2) is 5.70. The summed E-state index contributed by atoms with van der Waals surface area (Å²) < 4.78 is 0.916. The van der Waals surface area contributed by atoms with Crippen LogP contribution in [0.25, 0.3) is 10.8 Å². The van der Waals surface area contributed by atoms with E-state index in [2.05, 4.69) is 21.2 Å². The largest absolute Gasteiger partial charge is 0.321 e. The SMILES string of the molecule is Cc1cccc(NC(=O)c2ccc3ccccc3c2)c1Br. The fourth-order valence-corrected chi connectivity index (χ4v) is 2.63. The molecule has 0 aliphatic heterocycles. The summed E-state index contributed by atoms with van der Waals surface area (Å²) in [5.41, 5.74) is 2.53. The van der Waals surface area contributed by atoms with Crippen molar-refractivity contribution in [1.29, 1.82) is 0 Å². The first kappa shape index (κ1) is 13.8. The molecule has 0 radical (unpaired) electrons. The molecule has 3 aromatic rings. The summed E-state index contributed by atoms with van der Waals surface area (Å²) in [6.45, 7) is 2.00. The van der Waals surface area contributed by atoms with Gasteiger partial charge in [-0.2, -0.15) is 0 Å². The van der Waals surface area contributed by atoms with Crippen molar-refractivity contribution in [2.24, 2.45) is 0 Å². The van der Waals surface area contributed by atoms with E-state index in [4.69, 9.17) is 0 Å². The number of benzene rings is 3. The van der Waals surface area contributed by atoms with Crippen LogP contribution in [-0.2, 0) is 0 Å². The van der Waals surface area contributed by atoms with Gasteiger partial charge in [0.05, 0.1) is 5.69 Å². The number of fused-ring (bicyclic) bond motifs is 1. The highest BCUT2D eigenvalue weighted by Crippen LogP contribution is 2.26. The predicted molar refractivity (Wildman–Crippen MR) is 90.8 cm³/mol. The molecule has 21 heavy (non-hydrogen) atoms. The van der Waals surface area contributed by atoms with E-state index < -0.39 is 0 Å². The van der Waals surface area contributed by atoms with Crippen LogP contribution < -0.4 is 5.32 Å². The molecule has 0 fully saturated rings. The number of anilines is 1. The number of aryl methyl sites for hydroxylation is 1. The molecule has 3 heteroatoms. The molecule has 1 amide bonds. The quantitative estimate of drug-likeness (QED) is 0.686. The van der Waals surface area contributed by atoms with Crippen molar-refractivity contribution in [2.75, 3.05) is 5.32 Å². The Kier molecular flexibility index (Phi) is 3.76. The predicted octanol–water partition coefficient (Wildman–Crippen LogP) is 5.16. The minimum absolute atomic E-state index is 0.105. The average Bonchev–Trinajstić information content (AvgIpc) is 2.51. The maximum Gasteiger partial charge on any atom is 0.255 e. The first-order valence-electron chi connectivity index (χ1n) is 6.70. The molecule has 0 aromatic heterocycles. The summed E-state index contributed by atoms with van der Waals surface area (Å²) >= 11 is 3.51. The van der Waals surface area contributed by atoms with Crippen LogP contribution in [0.3, 0.4) is 0 Å². The van der Waals surface area contributed by atoms with Gasteiger partial charge in [-0.25, -0.2) is 0 Å². The normalized spacial score (nSPS) is 10.6. The number of amides is 1. The molecule has 0 atom stereocenters. The Morgan fingerprint density at radius 2 is 1.71 bits per heavy atom. The smallest absolute Gasteiger partial charge is 0.255 e. The second-order valence-corrected chi connectivity index (χ2v) is 5.75. The maximum atomic E-state index is 12.4. The molecule has 0 saturated heterocycles. The van der Waals surface area contributed by atoms with Gasteiger partial charge in [-0.1, -0.05) is 42.5 Å². The van der Waals surface area contributed by atoms with Gasteiger partial charge in [-0.15, -0.1) is 0 Å². The van der Waals surface area contributed by atoms with Gasteiger partial charge in [0.25, 0.3) is 5.91 Å². The van der Waals surface area contributed by atoms with E-state index in [-0.39, 0.29) is 5.91 Å². The molecule has 104 valence electrons. The van der Waals surface area contributed by atoms with Crippen molar-refractivity contribution in [3.05, 3.63) is 76.3 Å². The molecule has 3 aromatic carbocycles. The van der Waals surface area contributed by atoms with Crippen LogP contribution in [0, 0.1) is 6.92 Å². The van der Waals surface area contributed by atoms with Gasteiger partial charge >= 0.3 is 0 Å². The molecule has 0 spiro atoms. The van der Waals surface area contributed by atoms with Crippen molar-refractivity contribution in [2.45, 2.75) is 6.92 Å². The van der Waals surface area contributed by atoms with Crippen LogP contribution in [-0.4, -0.2) is 5.91 Å². The Morgan fingerprint density at radius 1 is 0.952 bits per heavy atom. The van der Waals surface area contributed by atoms with E-state index in [0.717, 1.165) is 26.5 Å². The summed E-state index contributed by atoms with van der Waals surface area (Å²) in [5, 5.41) is 5.14. The van der Waals surface area contributed by atoms with Crippen LogP contribution in [0.15, 0.2) is 65.1 Å². The van der Waals surface area contributed by atoms with Gasteiger partial charge < -0.3 is 5.32 Å². The summed E-state index contributed by atoms with van der Waals surface area (Å²) in [7, 11) is 0. The van der Waals surface area contributed by atoms with Crippen molar-refractivity contribution in [3.8, 4) is 0 Å². The van der Waals surface area contributed by atoms with Crippen molar-refractivity contribution in [3.63, 3.8) is 0 Å². The third kappa shape index (κ3) is 2.83. The van der Waals surface area contributed by atoms with Gasteiger partial charge in [-0.3, -0.25) is 4.79 Å². The Morgan fingerprint density at radius 3 is 2.52 bits per heavy atom. The van der Waals surface area contributed by atoms with E-state index in [9.17, 15) is 4.79 Å². The number of nitrogens with one attached hydrogen (secondary N) is 1. The number of hydrogen-bond acceptors (Lipinski definition) is 1. The minimum Gasteiger partial charge on any atom is -0.321 e. The highest BCUT2D eigenvalue weighted by Gasteiger charge is 2.09. The molecule has 0 saturated carbocycles. The lowest BCUT2D eigenvalue weighted by molar-refractivity contribution is 0.102. The van der Waals surface area contributed by atoms with Gasteiger partial charge in [0.1, 0.15) is 0 Å². The first-order chi connectivity index (χ1) is 10.1. The monoisotopic (exact) mass is 339 g/mol. The van der Waals surface area contributed by atoms with E-state index >= 15 is 0 Å². The zero-order valence-electron chi connectivity index (χ0n) is 11.6. The van der Waals surface area contributed by atoms with Crippen molar-refractivity contribution >= 4 is 38.3 Å². The molecule has 0 bridgehead atoms. The number of halogens is 1. The van der Waals surface area contributed by atoms with E-state index in [1.54, 1.807) is 0 Å². The average molecular weight is 340 g/mol. The van der Waals surface area contributed by atoms with Gasteiger partial charge in [0, 0.05) is 10.0 Å². The van der Waals surface area contributed by atoms with Gasteiger partial charge in [0.15, 0.2) is 0 Å². The number of carbonyl (C=O) groups is 1. The Labute approximate surface area is 131 Å². The molecule has 0 aliphatic rings. The van der Waals surface area contributed by atoms with Crippen LogP contribution in [0.2, 0.25) is 0 Å². The highest BCUT2D eigenvalue weighted by atomic mass is 79.9. The fraction of sp³-hybridized carbons (Fsp3) is 0.0556. The van der Waals surface area contributed by atoms with Gasteiger partial charge in [0.2, 0.25) is 0 Å².